The van der Waals surface area contributed by atoms with Gasteiger partial charge in [-0.3, -0.25) is 14.8 Å². The van der Waals surface area contributed by atoms with Crippen LogP contribution in [0.1, 0.15) is 87.5 Å². The number of halogens is 3. The Kier molecular flexibility index (Phi) is 8.42. The van der Waals surface area contributed by atoms with Crippen molar-refractivity contribution in [3.63, 3.8) is 0 Å². The Bertz CT molecular complexity index is 1490. The van der Waals surface area contributed by atoms with Crippen molar-refractivity contribution < 1.29 is 23.1 Å². The summed E-state index contributed by atoms with van der Waals surface area (Å²) in [5.74, 6) is -2.64. The summed E-state index contributed by atoms with van der Waals surface area (Å²) in [6, 6.07) is 4.20. The number of fused-ring (bicyclic) bond motifs is 1. The van der Waals surface area contributed by atoms with E-state index in [1.54, 1.807) is 25.4 Å². The Labute approximate surface area is 237 Å². The van der Waals surface area contributed by atoms with E-state index in [0.29, 0.717) is 34.0 Å². The molecule has 0 radical (unpaired) electrons. The zero-order valence-corrected chi connectivity index (χ0v) is 23.3. The first-order valence-corrected chi connectivity index (χ1v) is 14.3. The highest BCUT2D eigenvalue weighted by molar-refractivity contribution is 5.83. The molecule has 3 aromatic rings. The number of carboxylic acids is 1. The molecule has 41 heavy (non-hydrogen) atoms. The average Bonchev–Trinajstić information content (AvgIpc) is 3.23. The van der Waals surface area contributed by atoms with Gasteiger partial charge in [0.15, 0.2) is 0 Å². The highest BCUT2D eigenvalue weighted by Crippen LogP contribution is 2.38. The summed E-state index contributed by atoms with van der Waals surface area (Å²) in [5.41, 5.74) is 3.34. The summed E-state index contributed by atoms with van der Waals surface area (Å²) >= 11 is 0. The van der Waals surface area contributed by atoms with E-state index in [2.05, 4.69) is 26.9 Å². The minimum absolute atomic E-state index is 0.102. The number of hydrogen-bond donors (Lipinski definition) is 2. The van der Waals surface area contributed by atoms with Crippen molar-refractivity contribution in [3.05, 3.63) is 77.7 Å². The molecule has 4 atom stereocenters. The van der Waals surface area contributed by atoms with Crippen LogP contribution < -0.4 is 0 Å². The number of aromatic nitrogens is 4. The van der Waals surface area contributed by atoms with Gasteiger partial charge in [-0.1, -0.05) is 37.6 Å². The number of hydrogen-bond acceptors (Lipinski definition) is 4. The molecule has 6 nitrogen and oxygen atoms in total. The van der Waals surface area contributed by atoms with Crippen molar-refractivity contribution in [2.75, 3.05) is 0 Å². The summed E-state index contributed by atoms with van der Waals surface area (Å²) in [4.78, 5) is 27.8. The normalized spacial score (nSPS) is 22.8. The maximum absolute atomic E-state index is 15.4. The number of rotatable bonds is 8. The zero-order valence-electron chi connectivity index (χ0n) is 23.3. The number of aliphatic carboxylic acids is 1. The molecule has 2 aliphatic rings. The maximum atomic E-state index is 15.4. The van der Waals surface area contributed by atoms with E-state index in [9.17, 15) is 13.6 Å². The molecule has 2 aromatic heterocycles. The second-order valence-corrected chi connectivity index (χ2v) is 11.3. The zero-order chi connectivity index (χ0) is 29.1. The molecule has 1 aromatic carbocycles. The first kappa shape index (κ1) is 28.8. The van der Waals surface area contributed by atoms with E-state index in [0.717, 1.165) is 49.4 Å². The van der Waals surface area contributed by atoms with Gasteiger partial charge in [-0.05, 0) is 68.2 Å². The van der Waals surface area contributed by atoms with Gasteiger partial charge in [0, 0.05) is 36.1 Å². The van der Waals surface area contributed by atoms with E-state index in [1.807, 2.05) is 6.08 Å². The molecule has 0 saturated heterocycles. The molecule has 9 heteroatoms. The fourth-order valence-corrected chi connectivity index (χ4v) is 6.08. The summed E-state index contributed by atoms with van der Waals surface area (Å²) in [5, 5.41) is 9.13. The van der Waals surface area contributed by atoms with Gasteiger partial charge < -0.3 is 10.1 Å². The van der Waals surface area contributed by atoms with Crippen LogP contribution in [0.15, 0.2) is 54.9 Å². The molecule has 2 heterocycles. The Morgan fingerprint density at radius 2 is 2.00 bits per heavy atom. The lowest BCUT2D eigenvalue weighted by molar-refractivity contribution is -0.138. The number of nitrogens with zero attached hydrogens (tertiary/aromatic N) is 3. The number of carboxylic acid groups (broad SMARTS) is 1. The molecule has 216 valence electrons. The number of nitrogens with one attached hydrogen (secondary N) is 1. The minimum atomic E-state index is -3.10. The molecule has 1 saturated carbocycles. The fourth-order valence-electron chi connectivity index (χ4n) is 6.08. The van der Waals surface area contributed by atoms with Crippen molar-refractivity contribution in [1.82, 2.24) is 19.9 Å². The molecule has 0 amide bonds. The molecule has 1 fully saturated rings. The van der Waals surface area contributed by atoms with Crippen LogP contribution in [0.2, 0.25) is 0 Å². The highest BCUT2D eigenvalue weighted by atomic mass is 19.3. The lowest BCUT2D eigenvalue weighted by Crippen LogP contribution is -2.13. The SMILES string of the molecule is CC=CC(F)(F)c1ccc2nc(C3=CC=C(c4cnc(C(C)C5CCCC(CC(=O)O)CC5)cn4)CC3F)[nH]c2c1. The van der Waals surface area contributed by atoms with Crippen LogP contribution in [0.5, 0.6) is 0 Å². The van der Waals surface area contributed by atoms with Crippen molar-refractivity contribution in [3.8, 4) is 0 Å². The summed E-state index contributed by atoms with van der Waals surface area (Å²) in [6.07, 6.45) is 13.0. The van der Waals surface area contributed by atoms with Crippen LogP contribution in [0.4, 0.5) is 13.2 Å². The number of carbonyl (C=O) groups is 1. The molecule has 0 bridgehead atoms. The Hall–Kier alpha value is -3.75. The number of allylic oxidation sites excluding steroid dienone is 6. The Morgan fingerprint density at radius 1 is 1.17 bits per heavy atom. The van der Waals surface area contributed by atoms with Crippen molar-refractivity contribution in [1.29, 1.82) is 0 Å². The second kappa shape index (κ2) is 12.0. The van der Waals surface area contributed by atoms with Gasteiger partial charge in [0.05, 0.1) is 28.6 Å². The summed E-state index contributed by atoms with van der Waals surface area (Å²) in [7, 11) is 0. The summed E-state index contributed by atoms with van der Waals surface area (Å²) in [6.45, 7) is 3.69. The van der Waals surface area contributed by atoms with Crippen molar-refractivity contribution in [2.45, 2.75) is 76.8 Å². The first-order valence-electron chi connectivity index (χ1n) is 14.3. The highest BCUT2D eigenvalue weighted by Gasteiger charge is 2.30. The van der Waals surface area contributed by atoms with Gasteiger partial charge in [-0.25, -0.2) is 9.37 Å². The predicted octanol–water partition coefficient (Wildman–Crippen LogP) is 8.00. The van der Waals surface area contributed by atoms with Crippen LogP contribution in [0.25, 0.3) is 22.2 Å². The number of alkyl halides is 3. The van der Waals surface area contributed by atoms with Gasteiger partial charge in [0.2, 0.25) is 0 Å². The van der Waals surface area contributed by atoms with Crippen molar-refractivity contribution >= 4 is 28.1 Å². The third-order valence-electron chi connectivity index (χ3n) is 8.49. The number of benzene rings is 1. The Balaban J connectivity index is 1.29. The van der Waals surface area contributed by atoms with Crippen LogP contribution in [0.3, 0.4) is 0 Å². The standard InChI is InChI=1S/C32H35F3N4O2/c1-3-13-32(34,35)23-10-12-26-27(16-23)39-31(38-26)24-11-9-22(15-25(24)33)29-18-36-28(17-37-29)19(2)21-6-4-5-20(7-8-21)14-30(40)41/h3,9-13,16-21,25H,4-8,14-15H2,1-2H3,(H,38,39)(H,40,41). The number of aromatic amines is 1. The molecular weight excluding hydrogens is 529 g/mol. The lowest BCUT2D eigenvalue weighted by atomic mass is 9.85. The van der Waals surface area contributed by atoms with E-state index in [4.69, 9.17) is 5.11 Å². The Morgan fingerprint density at radius 3 is 2.71 bits per heavy atom. The average molecular weight is 565 g/mol. The van der Waals surface area contributed by atoms with E-state index in [1.165, 1.54) is 24.3 Å². The molecule has 4 unspecified atom stereocenters. The number of H-pyrrole nitrogens is 1. The number of imidazole rings is 1. The van der Waals surface area contributed by atoms with Gasteiger partial charge in [0.25, 0.3) is 5.92 Å². The van der Waals surface area contributed by atoms with Gasteiger partial charge in [-0.15, -0.1) is 0 Å². The molecule has 2 aliphatic carbocycles. The molecular formula is C32H35F3N4O2. The van der Waals surface area contributed by atoms with E-state index < -0.39 is 18.1 Å². The van der Waals surface area contributed by atoms with Crippen LogP contribution in [-0.2, 0) is 10.7 Å². The monoisotopic (exact) mass is 564 g/mol. The largest absolute Gasteiger partial charge is 0.481 e. The molecule has 0 spiro atoms. The van der Waals surface area contributed by atoms with Crippen LogP contribution in [0, 0.1) is 11.8 Å². The summed E-state index contributed by atoms with van der Waals surface area (Å²) < 4.78 is 44.0. The van der Waals surface area contributed by atoms with E-state index in [-0.39, 0.29) is 30.2 Å². The maximum Gasteiger partial charge on any atom is 0.303 e. The van der Waals surface area contributed by atoms with Crippen LogP contribution in [-0.4, -0.2) is 37.2 Å². The van der Waals surface area contributed by atoms with Gasteiger partial charge >= 0.3 is 5.97 Å². The van der Waals surface area contributed by atoms with Gasteiger partial charge in [-0.2, -0.15) is 8.78 Å². The fraction of sp³-hybridized carbons (Fsp3) is 0.438. The third-order valence-corrected chi connectivity index (χ3v) is 8.49. The molecule has 5 rings (SSSR count). The van der Waals surface area contributed by atoms with Crippen molar-refractivity contribution in [2.24, 2.45) is 11.8 Å². The first-order chi connectivity index (χ1) is 19.6. The predicted molar refractivity (Wildman–Crippen MR) is 153 cm³/mol. The lowest BCUT2D eigenvalue weighted by Gasteiger charge is -2.22. The van der Waals surface area contributed by atoms with Gasteiger partial charge in [0.1, 0.15) is 12.0 Å². The second-order valence-electron chi connectivity index (χ2n) is 11.3. The minimum Gasteiger partial charge on any atom is -0.481 e. The third kappa shape index (κ3) is 6.44. The topological polar surface area (TPSA) is 91.8 Å². The quantitative estimate of drug-likeness (QED) is 0.214. The molecule has 2 N–H and O–H groups in total. The van der Waals surface area contributed by atoms with Crippen LogP contribution >= 0.6 is 0 Å². The van der Waals surface area contributed by atoms with E-state index >= 15 is 4.39 Å². The molecule has 0 aliphatic heterocycles. The smallest absolute Gasteiger partial charge is 0.303 e.